The number of hydrogen-bond acceptors (Lipinski definition) is 6. The SMILES string of the molecule is O=C(Cc1ccccc1)Nc1cncc(-c2cc3c(-c4nc5nccc(-c6ccc(F)cc6)c5[nH]4)n[nH]c3cn2)c1. The van der Waals surface area contributed by atoms with Gasteiger partial charge in [-0.1, -0.05) is 42.5 Å². The first-order valence-electron chi connectivity index (χ1n) is 12.8. The van der Waals surface area contributed by atoms with E-state index in [1.54, 1.807) is 36.9 Å². The van der Waals surface area contributed by atoms with E-state index in [4.69, 9.17) is 0 Å². The fourth-order valence-electron chi connectivity index (χ4n) is 4.78. The van der Waals surface area contributed by atoms with E-state index in [-0.39, 0.29) is 18.1 Å². The Balaban J connectivity index is 1.21. The highest BCUT2D eigenvalue weighted by atomic mass is 19.1. The summed E-state index contributed by atoms with van der Waals surface area (Å²) in [7, 11) is 0. The Labute approximate surface area is 232 Å². The molecule has 9 nitrogen and oxygen atoms in total. The van der Waals surface area contributed by atoms with E-state index in [1.807, 2.05) is 48.5 Å². The number of aromatic nitrogens is 7. The minimum absolute atomic E-state index is 0.130. The first kappa shape index (κ1) is 24.3. The number of pyridine rings is 3. The van der Waals surface area contributed by atoms with Gasteiger partial charge in [-0.05, 0) is 41.5 Å². The number of H-pyrrole nitrogens is 2. The monoisotopic (exact) mass is 540 g/mol. The Morgan fingerprint density at radius 3 is 2.61 bits per heavy atom. The summed E-state index contributed by atoms with van der Waals surface area (Å²) < 4.78 is 13.5. The van der Waals surface area contributed by atoms with Crippen LogP contribution in [-0.2, 0) is 11.2 Å². The zero-order chi connectivity index (χ0) is 27.8. The number of amides is 1. The zero-order valence-corrected chi connectivity index (χ0v) is 21.5. The number of rotatable bonds is 6. The first-order valence-corrected chi connectivity index (χ1v) is 12.8. The lowest BCUT2D eigenvalue weighted by molar-refractivity contribution is -0.115. The molecule has 10 heteroatoms. The van der Waals surface area contributed by atoms with Gasteiger partial charge >= 0.3 is 0 Å². The van der Waals surface area contributed by atoms with Gasteiger partial charge in [0.05, 0.1) is 41.2 Å². The standard InChI is InChI=1S/C31H21FN8O/c32-21-8-6-19(7-9-21)23-10-11-34-30-28(23)37-31(38-30)29-24-14-25(35-17-26(24)39-40-29)20-13-22(16-33-15-20)36-27(41)12-18-4-2-1-3-5-18/h1-11,13-17H,12H2,(H,36,41)(H,39,40)(H,34,37,38). The van der Waals surface area contributed by atoms with Crippen LogP contribution in [-0.4, -0.2) is 41.0 Å². The number of hydrogen-bond donors (Lipinski definition) is 3. The van der Waals surface area contributed by atoms with E-state index in [0.29, 0.717) is 28.5 Å². The first-order chi connectivity index (χ1) is 20.1. The summed E-state index contributed by atoms with van der Waals surface area (Å²) in [5.41, 5.74) is 7.19. The number of halogens is 1. The van der Waals surface area contributed by atoms with Gasteiger partial charge in [-0.3, -0.25) is 19.9 Å². The normalized spacial score (nSPS) is 11.2. The molecule has 5 aromatic heterocycles. The highest BCUT2D eigenvalue weighted by Crippen LogP contribution is 2.32. The van der Waals surface area contributed by atoms with Gasteiger partial charge in [0.1, 0.15) is 11.5 Å². The molecule has 198 valence electrons. The van der Waals surface area contributed by atoms with Crippen LogP contribution >= 0.6 is 0 Å². The largest absolute Gasteiger partial charge is 0.335 e. The number of carbonyl (C=O) groups excluding carboxylic acids is 1. The van der Waals surface area contributed by atoms with Crippen molar-refractivity contribution in [2.75, 3.05) is 5.32 Å². The minimum atomic E-state index is -0.299. The second-order valence-corrected chi connectivity index (χ2v) is 9.51. The molecule has 0 radical (unpaired) electrons. The third-order valence-corrected chi connectivity index (χ3v) is 6.74. The Morgan fingerprint density at radius 2 is 1.76 bits per heavy atom. The minimum Gasteiger partial charge on any atom is -0.335 e. The van der Waals surface area contributed by atoms with Crippen molar-refractivity contribution < 1.29 is 9.18 Å². The highest BCUT2D eigenvalue weighted by molar-refractivity contribution is 5.97. The molecule has 1 amide bonds. The van der Waals surface area contributed by atoms with Crippen LogP contribution in [0.5, 0.6) is 0 Å². The van der Waals surface area contributed by atoms with Crippen LogP contribution in [0.25, 0.3) is 56.0 Å². The number of benzene rings is 2. The maximum atomic E-state index is 13.5. The Hall–Kier alpha value is -5.77. The third kappa shape index (κ3) is 4.78. The van der Waals surface area contributed by atoms with Gasteiger partial charge in [-0.2, -0.15) is 5.10 Å². The summed E-state index contributed by atoms with van der Waals surface area (Å²) >= 11 is 0. The lowest BCUT2D eigenvalue weighted by Gasteiger charge is -2.07. The number of fused-ring (bicyclic) bond motifs is 2. The molecule has 0 saturated heterocycles. The average Bonchev–Trinajstić information content (AvgIpc) is 3.62. The van der Waals surface area contributed by atoms with Crippen LogP contribution in [0.3, 0.4) is 0 Å². The second kappa shape index (κ2) is 10.1. The summed E-state index contributed by atoms with van der Waals surface area (Å²) in [6, 6.07) is 21.5. The molecule has 3 N–H and O–H groups in total. The fraction of sp³-hybridized carbons (Fsp3) is 0.0323. The molecule has 0 bridgehead atoms. The van der Waals surface area contributed by atoms with Crippen LogP contribution in [0.4, 0.5) is 10.1 Å². The Kier molecular flexibility index (Phi) is 5.97. The molecular formula is C31H21FN8O. The molecule has 0 spiro atoms. The van der Waals surface area contributed by atoms with Crippen molar-refractivity contribution in [1.82, 2.24) is 35.1 Å². The zero-order valence-electron chi connectivity index (χ0n) is 21.5. The molecule has 7 rings (SSSR count). The van der Waals surface area contributed by atoms with Crippen molar-refractivity contribution in [3.8, 4) is 33.9 Å². The predicted molar refractivity (Wildman–Crippen MR) is 154 cm³/mol. The average molecular weight is 541 g/mol. The van der Waals surface area contributed by atoms with Gasteiger partial charge in [0.25, 0.3) is 0 Å². The number of carbonyl (C=O) groups is 1. The van der Waals surface area contributed by atoms with Crippen molar-refractivity contribution in [3.63, 3.8) is 0 Å². The van der Waals surface area contributed by atoms with E-state index in [2.05, 4.69) is 40.4 Å². The maximum absolute atomic E-state index is 13.5. The molecule has 0 aliphatic heterocycles. The third-order valence-electron chi connectivity index (χ3n) is 6.74. The van der Waals surface area contributed by atoms with Crippen molar-refractivity contribution >= 4 is 33.7 Å². The van der Waals surface area contributed by atoms with Crippen LogP contribution in [0.15, 0.2) is 97.6 Å². The molecule has 41 heavy (non-hydrogen) atoms. The van der Waals surface area contributed by atoms with Gasteiger partial charge in [0, 0.05) is 28.9 Å². The molecule has 5 heterocycles. The molecule has 0 unspecified atom stereocenters. The van der Waals surface area contributed by atoms with Crippen molar-refractivity contribution in [2.24, 2.45) is 0 Å². The molecule has 0 aliphatic carbocycles. The molecule has 7 aromatic rings. The molecule has 0 atom stereocenters. The van der Waals surface area contributed by atoms with Crippen LogP contribution < -0.4 is 5.32 Å². The molecule has 0 fully saturated rings. The van der Waals surface area contributed by atoms with Crippen molar-refractivity contribution in [1.29, 1.82) is 0 Å². The highest BCUT2D eigenvalue weighted by Gasteiger charge is 2.17. The molecular weight excluding hydrogens is 519 g/mol. The van der Waals surface area contributed by atoms with Crippen LogP contribution in [0, 0.1) is 5.82 Å². The van der Waals surface area contributed by atoms with Crippen molar-refractivity contribution in [2.45, 2.75) is 6.42 Å². The van der Waals surface area contributed by atoms with E-state index in [1.165, 1.54) is 12.1 Å². The van der Waals surface area contributed by atoms with E-state index >= 15 is 0 Å². The summed E-state index contributed by atoms with van der Waals surface area (Å²) in [4.78, 5) is 33.9. The number of aromatic amines is 2. The van der Waals surface area contributed by atoms with Gasteiger partial charge < -0.3 is 10.3 Å². The van der Waals surface area contributed by atoms with Gasteiger partial charge in [-0.15, -0.1) is 0 Å². The van der Waals surface area contributed by atoms with Gasteiger partial charge in [0.15, 0.2) is 11.5 Å². The molecule has 0 aliphatic rings. The summed E-state index contributed by atoms with van der Waals surface area (Å²) in [6.07, 6.45) is 6.94. The second-order valence-electron chi connectivity index (χ2n) is 9.51. The van der Waals surface area contributed by atoms with Gasteiger partial charge in [-0.25, -0.2) is 14.4 Å². The number of imidazole rings is 1. The van der Waals surface area contributed by atoms with Gasteiger partial charge in [0.2, 0.25) is 5.91 Å². The summed E-state index contributed by atoms with van der Waals surface area (Å²) in [5, 5.41) is 11.2. The van der Waals surface area contributed by atoms with Crippen LogP contribution in [0.1, 0.15) is 5.56 Å². The predicted octanol–water partition coefficient (Wildman–Crippen LogP) is 5.95. The van der Waals surface area contributed by atoms with Crippen LogP contribution in [0.2, 0.25) is 0 Å². The lowest BCUT2D eigenvalue weighted by Crippen LogP contribution is -2.14. The lowest BCUT2D eigenvalue weighted by atomic mass is 10.1. The molecule has 2 aromatic carbocycles. The smallest absolute Gasteiger partial charge is 0.228 e. The Bertz CT molecular complexity index is 2030. The molecule has 0 saturated carbocycles. The quantitative estimate of drug-likeness (QED) is 0.240. The Morgan fingerprint density at radius 1 is 0.902 bits per heavy atom. The fourth-order valence-corrected chi connectivity index (χ4v) is 4.78. The van der Waals surface area contributed by atoms with Crippen molar-refractivity contribution in [3.05, 3.63) is 109 Å². The number of nitrogens with zero attached hydrogens (tertiary/aromatic N) is 5. The summed E-state index contributed by atoms with van der Waals surface area (Å²) in [5.74, 6) is 0.103. The van der Waals surface area contributed by atoms with E-state index in [9.17, 15) is 9.18 Å². The van der Waals surface area contributed by atoms with E-state index < -0.39 is 0 Å². The maximum Gasteiger partial charge on any atom is 0.228 e. The summed E-state index contributed by atoms with van der Waals surface area (Å²) in [6.45, 7) is 0. The number of nitrogens with one attached hydrogen (secondary N) is 3. The van der Waals surface area contributed by atoms with E-state index in [0.717, 1.165) is 38.7 Å². The topological polar surface area (TPSA) is 125 Å². The number of anilines is 1.